The van der Waals surface area contributed by atoms with Gasteiger partial charge in [0.1, 0.15) is 22.8 Å². The van der Waals surface area contributed by atoms with Crippen LogP contribution in [0.4, 0.5) is 0 Å². The molecule has 0 unspecified atom stereocenters. The van der Waals surface area contributed by atoms with E-state index < -0.39 is 11.6 Å². The molecule has 1 heterocycles. The lowest BCUT2D eigenvalue weighted by atomic mass is 10.1. The summed E-state index contributed by atoms with van der Waals surface area (Å²) in [5.74, 6) is 1.15. The van der Waals surface area contributed by atoms with Gasteiger partial charge >= 0.3 is 11.6 Å². The van der Waals surface area contributed by atoms with Crippen molar-refractivity contribution in [2.24, 2.45) is 0 Å². The summed E-state index contributed by atoms with van der Waals surface area (Å²) in [4.78, 5) is 23.7. The number of para-hydroxylation sites is 1. The molecule has 0 N–H and O–H groups in total. The third kappa shape index (κ3) is 4.64. The molecule has 3 aromatic carbocycles. The van der Waals surface area contributed by atoms with Crippen molar-refractivity contribution in [1.29, 1.82) is 0 Å². The zero-order valence-electron chi connectivity index (χ0n) is 16.2. The molecule has 0 amide bonds. The number of hydrogen-bond donors (Lipinski definition) is 0. The molecule has 0 fully saturated rings. The number of fused-ring (bicyclic) bond motifs is 1. The highest BCUT2D eigenvalue weighted by Gasteiger charge is 2.06. The molecular formula is C25H18O5. The van der Waals surface area contributed by atoms with Gasteiger partial charge in [0.05, 0.1) is 0 Å². The molecule has 0 spiro atoms. The van der Waals surface area contributed by atoms with E-state index in [0.29, 0.717) is 17.1 Å². The molecule has 0 aliphatic rings. The first-order chi connectivity index (χ1) is 14.6. The fourth-order valence-electron chi connectivity index (χ4n) is 2.99. The van der Waals surface area contributed by atoms with Gasteiger partial charge in [-0.2, -0.15) is 0 Å². The van der Waals surface area contributed by atoms with E-state index in [9.17, 15) is 9.59 Å². The molecule has 5 nitrogen and oxygen atoms in total. The maximum Gasteiger partial charge on any atom is 0.336 e. The average molecular weight is 398 g/mol. The third-order valence-corrected chi connectivity index (χ3v) is 4.39. The minimum Gasteiger partial charge on any atom is -0.457 e. The quantitative estimate of drug-likeness (QED) is 0.192. The number of hydrogen-bond acceptors (Lipinski definition) is 5. The van der Waals surface area contributed by atoms with Gasteiger partial charge in [-0.15, -0.1) is 0 Å². The molecule has 0 radical (unpaired) electrons. The van der Waals surface area contributed by atoms with Crippen molar-refractivity contribution in [1.82, 2.24) is 0 Å². The number of esters is 1. The number of benzene rings is 3. The van der Waals surface area contributed by atoms with E-state index in [0.717, 1.165) is 22.3 Å². The number of ether oxygens (including phenoxy) is 2. The van der Waals surface area contributed by atoms with Crippen LogP contribution in [-0.2, 0) is 4.79 Å². The van der Waals surface area contributed by atoms with Gasteiger partial charge in [0, 0.05) is 23.6 Å². The zero-order chi connectivity index (χ0) is 20.9. The Morgan fingerprint density at radius 2 is 1.67 bits per heavy atom. The monoisotopic (exact) mass is 398 g/mol. The van der Waals surface area contributed by atoms with Gasteiger partial charge in [-0.3, -0.25) is 0 Å². The first kappa shape index (κ1) is 19.2. The second kappa shape index (κ2) is 8.49. The van der Waals surface area contributed by atoms with Crippen LogP contribution in [0.15, 0.2) is 94.2 Å². The summed E-state index contributed by atoms with van der Waals surface area (Å²) in [7, 11) is 0. The van der Waals surface area contributed by atoms with Gasteiger partial charge in [-0.25, -0.2) is 9.59 Å². The van der Waals surface area contributed by atoms with E-state index >= 15 is 0 Å². The Kier molecular flexibility index (Phi) is 5.44. The second-order valence-corrected chi connectivity index (χ2v) is 6.65. The van der Waals surface area contributed by atoms with Crippen molar-refractivity contribution in [3.05, 3.63) is 106 Å². The van der Waals surface area contributed by atoms with Crippen LogP contribution < -0.4 is 15.1 Å². The van der Waals surface area contributed by atoms with Crippen LogP contribution >= 0.6 is 0 Å². The van der Waals surface area contributed by atoms with Crippen molar-refractivity contribution < 1.29 is 18.7 Å². The van der Waals surface area contributed by atoms with Crippen LogP contribution in [0.3, 0.4) is 0 Å². The van der Waals surface area contributed by atoms with Gasteiger partial charge in [-0.05, 0) is 60.5 Å². The minimum atomic E-state index is -0.543. The lowest BCUT2D eigenvalue weighted by Gasteiger charge is -2.06. The Morgan fingerprint density at radius 3 is 2.50 bits per heavy atom. The summed E-state index contributed by atoms with van der Waals surface area (Å²) in [5, 5.41) is 0.792. The summed E-state index contributed by atoms with van der Waals surface area (Å²) in [6, 6.07) is 23.2. The lowest BCUT2D eigenvalue weighted by molar-refractivity contribution is -0.128. The van der Waals surface area contributed by atoms with E-state index in [1.807, 2.05) is 61.5 Å². The number of rotatable bonds is 5. The van der Waals surface area contributed by atoms with Gasteiger partial charge in [0.25, 0.3) is 0 Å². The van der Waals surface area contributed by atoms with Gasteiger partial charge in [-0.1, -0.05) is 30.3 Å². The lowest BCUT2D eigenvalue weighted by Crippen LogP contribution is -2.04. The maximum atomic E-state index is 12.2. The highest BCUT2D eigenvalue weighted by Crippen LogP contribution is 2.24. The van der Waals surface area contributed by atoms with E-state index in [2.05, 4.69) is 0 Å². The van der Waals surface area contributed by atoms with Crippen molar-refractivity contribution in [2.75, 3.05) is 0 Å². The molecule has 0 saturated heterocycles. The Morgan fingerprint density at radius 1 is 0.867 bits per heavy atom. The molecule has 148 valence electrons. The summed E-state index contributed by atoms with van der Waals surface area (Å²) < 4.78 is 16.3. The van der Waals surface area contributed by atoms with Gasteiger partial charge in [0.15, 0.2) is 0 Å². The zero-order valence-corrected chi connectivity index (χ0v) is 16.2. The summed E-state index contributed by atoms with van der Waals surface area (Å²) in [6.07, 6.45) is 2.98. The van der Waals surface area contributed by atoms with E-state index in [-0.39, 0.29) is 0 Å². The molecule has 0 aliphatic carbocycles. The highest BCUT2D eigenvalue weighted by molar-refractivity contribution is 5.89. The predicted molar refractivity (Wildman–Crippen MR) is 115 cm³/mol. The van der Waals surface area contributed by atoms with Crippen LogP contribution in [0, 0.1) is 6.92 Å². The molecule has 1 aromatic heterocycles. The largest absolute Gasteiger partial charge is 0.457 e. The number of carbonyl (C=O) groups is 1. The fourth-order valence-corrected chi connectivity index (χ4v) is 2.99. The third-order valence-electron chi connectivity index (χ3n) is 4.39. The minimum absolute atomic E-state index is 0.298. The second-order valence-electron chi connectivity index (χ2n) is 6.65. The Bertz CT molecular complexity index is 1290. The molecule has 0 aliphatic heterocycles. The first-order valence-corrected chi connectivity index (χ1v) is 9.34. The topological polar surface area (TPSA) is 65.7 Å². The van der Waals surface area contributed by atoms with E-state index in [1.54, 1.807) is 18.2 Å². The van der Waals surface area contributed by atoms with Crippen LogP contribution in [0.5, 0.6) is 17.2 Å². The molecule has 0 atom stereocenters. The summed E-state index contributed by atoms with van der Waals surface area (Å²) in [5.41, 5.74) is 1.53. The first-order valence-electron chi connectivity index (χ1n) is 9.34. The molecule has 4 aromatic rings. The van der Waals surface area contributed by atoms with Crippen LogP contribution in [0.25, 0.3) is 17.0 Å². The molecule has 4 rings (SSSR count). The van der Waals surface area contributed by atoms with Crippen molar-refractivity contribution in [3.8, 4) is 17.2 Å². The van der Waals surface area contributed by atoms with Crippen molar-refractivity contribution in [3.63, 3.8) is 0 Å². The van der Waals surface area contributed by atoms with Crippen LogP contribution in [0.2, 0.25) is 0 Å². The number of carbonyl (C=O) groups excluding carboxylic acids is 1. The van der Waals surface area contributed by atoms with Crippen molar-refractivity contribution >= 4 is 23.0 Å². The maximum absolute atomic E-state index is 12.2. The summed E-state index contributed by atoms with van der Waals surface area (Å²) in [6.45, 7) is 1.82. The van der Waals surface area contributed by atoms with E-state index in [4.69, 9.17) is 13.9 Å². The molecule has 30 heavy (non-hydrogen) atoms. The predicted octanol–water partition coefficient (Wildman–Crippen LogP) is 5.51. The molecule has 0 saturated carbocycles. The number of aryl methyl sites for hydroxylation is 1. The smallest absolute Gasteiger partial charge is 0.336 e. The molecule has 0 bridgehead atoms. The van der Waals surface area contributed by atoms with E-state index in [1.165, 1.54) is 18.2 Å². The van der Waals surface area contributed by atoms with Crippen LogP contribution in [-0.4, -0.2) is 5.97 Å². The average Bonchev–Trinajstić information content (AvgIpc) is 2.73. The van der Waals surface area contributed by atoms with Crippen LogP contribution in [0.1, 0.15) is 11.1 Å². The normalized spacial score (nSPS) is 11.0. The highest BCUT2D eigenvalue weighted by atomic mass is 16.5. The molecular weight excluding hydrogens is 380 g/mol. The standard InChI is InChI=1S/C25H18O5/c1-17-14-25(27)30-23-16-21(11-12-22(17)23)29-24(26)13-10-18-6-5-9-20(15-18)28-19-7-3-2-4-8-19/h2-16H,1H3/b13-10+. The Balaban J connectivity index is 1.46. The van der Waals surface area contributed by atoms with Crippen molar-refractivity contribution in [2.45, 2.75) is 6.92 Å². The summed E-state index contributed by atoms with van der Waals surface area (Å²) >= 11 is 0. The van der Waals surface area contributed by atoms with Gasteiger partial charge < -0.3 is 13.9 Å². The molecule has 5 heteroatoms. The fraction of sp³-hybridized carbons (Fsp3) is 0.0400. The Labute approximate surface area is 172 Å². The SMILES string of the molecule is Cc1cc(=O)oc2cc(OC(=O)/C=C/c3cccc(Oc4ccccc4)c3)ccc12. The van der Waals surface area contributed by atoms with Gasteiger partial charge in [0.2, 0.25) is 0 Å². The Hall–Kier alpha value is -4.12.